The van der Waals surface area contributed by atoms with Gasteiger partial charge in [-0.05, 0) is 12.1 Å². The monoisotopic (exact) mass is 327 g/mol. The van der Waals surface area contributed by atoms with Crippen LogP contribution in [0.2, 0.25) is 0 Å². The molecule has 0 unspecified atom stereocenters. The van der Waals surface area contributed by atoms with Crippen LogP contribution in [0.4, 0.5) is 11.4 Å². The van der Waals surface area contributed by atoms with Gasteiger partial charge >= 0.3 is 0 Å². The lowest BCUT2D eigenvalue weighted by Crippen LogP contribution is -2.47. The highest BCUT2D eigenvalue weighted by Gasteiger charge is 2.23. The van der Waals surface area contributed by atoms with Crippen LogP contribution in [0.25, 0.3) is 0 Å². The number of carbonyl (C=O) groups is 1. The number of nitro groups is 1. The van der Waals surface area contributed by atoms with Crippen LogP contribution in [-0.2, 0) is 4.79 Å². The molecule has 0 atom stereocenters. The molecule has 0 bridgehead atoms. The molecule has 1 aliphatic rings. The molecular weight excluding hydrogens is 314 g/mol. The second-order valence-electron chi connectivity index (χ2n) is 4.34. The summed E-state index contributed by atoms with van der Waals surface area (Å²) in [5.74, 6) is 0. The number of nitrogens with zero attached hydrogens (tertiary/aromatic N) is 3. The average molecular weight is 328 g/mol. The van der Waals surface area contributed by atoms with Gasteiger partial charge in [-0.2, -0.15) is 0 Å². The molecule has 0 amide bonds. The van der Waals surface area contributed by atoms with Gasteiger partial charge in [-0.15, -0.1) is 0 Å². The third-order valence-electron chi connectivity index (χ3n) is 3.18. The van der Waals surface area contributed by atoms with Crippen molar-refractivity contribution in [2.24, 2.45) is 0 Å². The Balaban J connectivity index is 2.15. The van der Waals surface area contributed by atoms with Crippen molar-refractivity contribution in [3.8, 4) is 0 Å². The van der Waals surface area contributed by atoms with Crippen molar-refractivity contribution in [1.82, 2.24) is 4.90 Å². The topological polar surface area (TPSA) is 66.7 Å². The molecule has 0 radical (unpaired) electrons. The van der Waals surface area contributed by atoms with Crippen molar-refractivity contribution in [2.75, 3.05) is 37.6 Å². The van der Waals surface area contributed by atoms with Gasteiger partial charge in [-0.3, -0.25) is 15.0 Å². The number of nitro benzene ring substituents is 1. The lowest BCUT2D eigenvalue weighted by atomic mass is 10.2. The van der Waals surface area contributed by atoms with Gasteiger partial charge in [0.25, 0.3) is 5.69 Å². The van der Waals surface area contributed by atoms with Gasteiger partial charge in [0.05, 0.1) is 11.5 Å². The van der Waals surface area contributed by atoms with Crippen molar-refractivity contribution >= 4 is 33.6 Å². The number of anilines is 1. The van der Waals surface area contributed by atoms with E-state index in [1.807, 2.05) is 9.80 Å². The molecule has 1 fully saturated rings. The zero-order chi connectivity index (χ0) is 13.8. The third kappa shape index (κ3) is 3.30. The molecule has 0 spiro atoms. The van der Waals surface area contributed by atoms with Crippen LogP contribution in [-0.4, -0.2) is 48.8 Å². The number of carbonyl (C=O) groups excluding carboxylic acids is 1. The minimum Gasteiger partial charge on any atom is -0.363 e. The van der Waals surface area contributed by atoms with Crippen LogP contribution in [0, 0.1) is 10.1 Å². The largest absolute Gasteiger partial charge is 0.363 e. The van der Waals surface area contributed by atoms with Crippen LogP contribution < -0.4 is 4.90 Å². The normalized spacial score (nSPS) is 16.4. The Kier molecular flexibility index (Phi) is 4.49. The van der Waals surface area contributed by atoms with Crippen LogP contribution in [0.1, 0.15) is 0 Å². The van der Waals surface area contributed by atoms with Gasteiger partial charge < -0.3 is 9.69 Å². The smallest absolute Gasteiger partial charge is 0.293 e. The van der Waals surface area contributed by atoms with Crippen molar-refractivity contribution in [2.45, 2.75) is 0 Å². The molecule has 2 rings (SSSR count). The van der Waals surface area contributed by atoms with Crippen molar-refractivity contribution in [3.05, 3.63) is 32.8 Å². The number of hydrogen-bond donors (Lipinski definition) is 0. The summed E-state index contributed by atoms with van der Waals surface area (Å²) < 4.78 is 0.697. The molecule has 19 heavy (non-hydrogen) atoms. The van der Waals surface area contributed by atoms with Crippen LogP contribution in [0.5, 0.6) is 0 Å². The molecule has 7 heteroatoms. The van der Waals surface area contributed by atoms with E-state index >= 15 is 0 Å². The summed E-state index contributed by atoms with van der Waals surface area (Å²) in [7, 11) is 0. The fourth-order valence-electron chi connectivity index (χ4n) is 2.19. The number of halogens is 1. The Morgan fingerprint density at radius 2 is 2.00 bits per heavy atom. The van der Waals surface area contributed by atoms with Crippen LogP contribution in [0.15, 0.2) is 22.7 Å². The SMILES string of the molecule is O=CCN1CCN(c2ccc(Br)cc2[N+](=O)[O-])CC1. The Labute approximate surface area is 119 Å². The highest BCUT2D eigenvalue weighted by Crippen LogP contribution is 2.31. The van der Waals surface area contributed by atoms with Crippen molar-refractivity contribution in [3.63, 3.8) is 0 Å². The number of hydrogen-bond acceptors (Lipinski definition) is 5. The summed E-state index contributed by atoms with van der Waals surface area (Å²) in [5, 5.41) is 11.1. The van der Waals surface area contributed by atoms with Crippen LogP contribution >= 0.6 is 15.9 Å². The maximum absolute atomic E-state index is 11.1. The second-order valence-corrected chi connectivity index (χ2v) is 5.26. The number of rotatable bonds is 4. The zero-order valence-electron chi connectivity index (χ0n) is 10.3. The molecule has 1 aromatic carbocycles. The highest BCUT2D eigenvalue weighted by atomic mass is 79.9. The maximum atomic E-state index is 11.1. The Morgan fingerprint density at radius 3 is 2.58 bits per heavy atom. The molecule has 6 nitrogen and oxygen atoms in total. The molecule has 1 aromatic rings. The van der Waals surface area contributed by atoms with E-state index in [1.165, 1.54) is 6.07 Å². The van der Waals surface area contributed by atoms with Crippen LogP contribution in [0.3, 0.4) is 0 Å². The molecule has 1 aliphatic heterocycles. The van der Waals surface area contributed by atoms with Crippen molar-refractivity contribution in [1.29, 1.82) is 0 Å². The molecule has 0 aliphatic carbocycles. The van der Waals surface area contributed by atoms with E-state index in [9.17, 15) is 14.9 Å². The fourth-order valence-corrected chi connectivity index (χ4v) is 2.54. The Morgan fingerprint density at radius 1 is 1.32 bits per heavy atom. The highest BCUT2D eigenvalue weighted by molar-refractivity contribution is 9.10. The standard InChI is InChI=1S/C12H14BrN3O3/c13-10-1-2-11(12(9-10)16(18)19)15-5-3-14(4-6-15)7-8-17/h1-2,8-9H,3-7H2. The number of piperazine rings is 1. The third-order valence-corrected chi connectivity index (χ3v) is 3.67. The molecule has 0 saturated carbocycles. The fraction of sp³-hybridized carbons (Fsp3) is 0.417. The van der Waals surface area contributed by atoms with E-state index in [-0.39, 0.29) is 10.6 Å². The first-order valence-electron chi connectivity index (χ1n) is 5.96. The summed E-state index contributed by atoms with van der Waals surface area (Å²) >= 11 is 3.25. The summed E-state index contributed by atoms with van der Waals surface area (Å²) in [6.07, 6.45) is 0.887. The first-order valence-corrected chi connectivity index (χ1v) is 6.76. The second kappa shape index (κ2) is 6.12. The predicted molar refractivity (Wildman–Crippen MR) is 75.5 cm³/mol. The van der Waals surface area contributed by atoms with Gasteiger partial charge in [0.2, 0.25) is 0 Å². The summed E-state index contributed by atoms with van der Waals surface area (Å²) in [6.45, 7) is 3.29. The molecule has 1 saturated heterocycles. The van der Waals surface area contributed by atoms with E-state index in [1.54, 1.807) is 12.1 Å². The van der Waals surface area contributed by atoms with E-state index in [0.29, 0.717) is 29.8 Å². The summed E-state index contributed by atoms with van der Waals surface area (Å²) in [6, 6.07) is 5.09. The molecule has 0 N–H and O–H groups in total. The average Bonchev–Trinajstić information content (AvgIpc) is 2.40. The molecule has 1 heterocycles. The van der Waals surface area contributed by atoms with E-state index < -0.39 is 0 Å². The van der Waals surface area contributed by atoms with Crippen molar-refractivity contribution < 1.29 is 9.72 Å². The summed E-state index contributed by atoms with van der Waals surface area (Å²) in [5.41, 5.74) is 0.747. The molecule has 0 aromatic heterocycles. The quantitative estimate of drug-likeness (QED) is 0.478. The lowest BCUT2D eigenvalue weighted by molar-refractivity contribution is -0.384. The number of benzene rings is 1. The zero-order valence-corrected chi connectivity index (χ0v) is 11.9. The van der Waals surface area contributed by atoms with E-state index in [0.717, 1.165) is 19.4 Å². The maximum Gasteiger partial charge on any atom is 0.293 e. The summed E-state index contributed by atoms with van der Waals surface area (Å²) in [4.78, 5) is 25.2. The lowest BCUT2D eigenvalue weighted by Gasteiger charge is -2.34. The van der Waals surface area contributed by atoms with Gasteiger partial charge in [-0.1, -0.05) is 15.9 Å². The first kappa shape index (κ1) is 14.0. The van der Waals surface area contributed by atoms with Gasteiger partial charge in [0.1, 0.15) is 12.0 Å². The number of aldehydes is 1. The molecular formula is C12H14BrN3O3. The predicted octanol–water partition coefficient (Wildman–Crippen LogP) is 1.68. The molecule has 102 valence electrons. The van der Waals surface area contributed by atoms with Gasteiger partial charge in [0.15, 0.2) is 0 Å². The minimum absolute atomic E-state index is 0.109. The Bertz CT molecular complexity index is 487. The Hall–Kier alpha value is -1.47. The van der Waals surface area contributed by atoms with E-state index in [2.05, 4.69) is 15.9 Å². The first-order chi connectivity index (χ1) is 9.11. The van der Waals surface area contributed by atoms with Gasteiger partial charge in [0, 0.05) is 36.7 Å². The minimum atomic E-state index is -0.363. The van der Waals surface area contributed by atoms with Gasteiger partial charge in [-0.25, -0.2) is 0 Å². The van der Waals surface area contributed by atoms with E-state index in [4.69, 9.17) is 0 Å².